The van der Waals surface area contributed by atoms with Gasteiger partial charge in [-0.25, -0.2) is 9.59 Å². The van der Waals surface area contributed by atoms with E-state index in [4.69, 9.17) is 0 Å². The molecule has 0 bridgehead atoms. The van der Waals surface area contributed by atoms with Crippen molar-refractivity contribution in [1.29, 1.82) is 0 Å². The molecule has 0 radical (unpaired) electrons. The molecule has 0 aromatic carbocycles. The lowest BCUT2D eigenvalue weighted by Gasteiger charge is -2.20. The number of amides is 2. The van der Waals surface area contributed by atoms with Gasteiger partial charge in [0.15, 0.2) is 0 Å². The van der Waals surface area contributed by atoms with E-state index in [0.717, 1.165) is 0 Å². The first kappa shape index (κ1) is 12.7. The van der Waals surface area contributed by atoms with Gasteiger partial charge in [0.2, 0.25) is 0 Å². The number of rotatable bonds is 1. The summed E-state index contributed by atoms with van der Waals surface area (Å²) in [7, 11) is 0. The first-order chi connectivity index (χ1) is 6.28. The second-order valence-electron chi connectivity index (χ2n) is 3.46. The SMILES string of the molecule is CCOC(=O)N(F)C(=O)OC(C)(C)C. The van der Waals surface area contributed by atoms with E-state index in [1.807, 2.05) is 0 Å². The summed E-state index contributed by atoms with van der Waals surface area (Å²) in [4.78, 5) is 21.6. The normalized spacial score (nSPS) is 10.6. The zero-order valence-electron chi connectivity index (χ0n) is 8.67. The van der Waals surface area contributed by atoms with Crippen molar-refractivity contribution in [3.63, 3.8) is 0 Å². The molecule has 6 heteroatoms. The van der Waals surface area contributed by atoms with Crippen LogP contribution in [-0.2, 0) is 9.47 Å². The van der Waals surface area contributed by atoms with Crippen LogP contribution in [0.25, 0.3) is 0 Å². The summed E-state index contributed by atoms with van der Waals surface area (Å²) in [5, 5.41) is -0.700. The highest BCUT2D eigenvalue weighted by molar-refractivity contribution is 5.86. The second-order valence-corrected chi connectivity index (χ2v) is 3.46. The van der Waals surface area contributed by atoms with Crippen LogP contribution in [0.5, 0.6) is 0 Å². The van der Waals surface area contributed by atoms with Crippen LogP contribution in [-0.4, -0.2) is 29.5 Å². The zero-order valence-corrected chi connectivity index (χ0v) is 8.67. The van der Waals surface area contributed by atoms with E-state index in [0.29, 0.717) is 0 Å². The van der Waals surface area contributed by atoms with Crippen LogP contribution >= 0.6 is 0 Å². The maximum atomic E-state index is 12.8. The number of nitrogens with zero attached hydrogens (tertiary/aromatic N) is 1. The highest BCUT2D eigenvalue weighted by atomic mass is 19.2. The van der Waals surface area contributed by atoms with Gasteiger partial charge >= 0.3 is 12.2 Å². The second kappa shape index (κ2) is 4.78. The molecule has 14 heavy (non-hydrogen) atoms. The number of halogens is 1. The van der Waals surface area contributed by atoms with Crippen molar-refractivity contribution in [2.75, 3.05) is 6.61 Å². The summed E-state index contributed by atoms with van der Waals surface area (Å²) in [6.07, 6.45) is -2.75. The van der Waals surface area contributed by atoms with E-state index >= 15 is 0 Å². The number of imide groups is 1. The molecule has 0 rings (SSSR count). The van der Waals surface area contributed by atoms with E-state index in [2.05, 4.69) is 9.47 Å². The summed E-state index contributed by atoms with van der Waals surface area (Å²) >= 11 is 0. The van der Waals surface area contributed by atoms with Crippen molar-refractivity contribution in [3.05, 3.63) is 0 Å². The molecule has 0 unspecified atom stereocenters. The van der Waals surface area contributed by atoms with Gasteiger partial charge in [-0.15, -0.1) is 0 Å². The minimum Gasteiger partial charge on any atom is -0.448 e. The van der Waals surface area contributed by atoms with Gasteiger partial charge in [0, 0.05) is 0 Å². The highest BCUT2D eigenvalue weighted by Crippen LogP contribution is 2.10. The monoisotopic (exact) mass is 207 g/mol. The maximum absolute atomic E-state index is 12.8. The third kappa shape index (κ3) is 4.64. The van der Waals surface area contributed by atoms with Crippen LogP contribution in [0.2, 0.25) is 0 Å². The molecule has 0 saturated heterocycles. The fourth-order valence-electron chi connectivity index (χ4n) is 0.557. The molecule has 0 N–H and O–H groups in total. The first-order valence-corrected chi connectivity index (χ1v) is 4.13. The molecule has 2 amide bonds. The van der Waals surface area contributed by atoms with E-state index in [1.54, 1.807) is 20.8 Å². The van der Waals surface area contributed by atoms with Crippen LogP contribution in [0.4, 0.5) is 14.1 Å². The average molecular weight is 207 g/mol. The van der Waals surface area contributed by atoms with Gasteiger partial charge in [-0.05, 0) is 32.8 Å². The van der Waals surface area contributed by atoms with E-state index < -0.39 is 22.9 Å². The smallest absolute Gasteiger partial charge is 0.448 e. The number of hydrogen-bond acceptors (Lipinski definition) is 4. The minimum atomic E-state index is -1.38. The van der Waals surface area contributed by atoms with E-state index in [9.17, 15) is 14.1 Å². The van der Waals surface area contributed by atoms with Crippen molar-refractivity contribution >= 4 is 12.2 Å². The highest BCUT2D eigenvalue weighted by Gasteiger charge is 2.28. The Bertz CT molecular complexity index is 224. The maximum Gasteiger partial charge on any atom is 0.449 e. The molecule has 0 aliphatic carbocycles. The third-order valence-corrected chi connectivity index (χ3v) is 0.982. The van der Waals surface area contributed by atoms with Gasteiger partial charge in [-0.1, -0.05) is 4.48 Å². The Labute approximate surface area is 81.7 Å². The summed E-state index contributed by atoms with van der Waals surface area (Å²) in [6.45, 7) is 6.17. The fraction of sp³-hybridized carbons (Fsp3) is 0.750. The van der Waals surface area contributed by atoms with E-state index in [1.165, 1.54) is 6.92 Å². The number of carbonyl (C=O) groups is 2. The molecular formula is C8H14FNO4. The van der Waals surface area contributed by atoms with Gasteiger partial charge in [0.1, 0.15) is 5.60 Å². The molecular weight excluding hydrogens is 193 g/mol. The molecule has 0 aromatic rings. The molecule has 5 nitrogen and oxygen atoms in total. The standard InChI is InChI=1S/C8H14FNO4/c1-5-13-6(11)10(9)7(12)14-8(2,3)4/h5H2,1-4H3. The molecule has 82 valence electrons. The number of carbonyl (C=O) groups excluding carboxylic acids is 2. The van der Waals surface area contributed by atoms with Crippen molar-refractivity contribution in [2.45, 2.75) is 33.3 Å². The molecule has 0 spiro atoms. The lowest BCUT2D eigenvalue weighted by Crippen LogP contribution is -2.35. The minimum absolute atomic E-state index is 0.0119. The number of ether oxygens (including phenoxy) is 2. The van der Waals surface area contributed by atoms with Crippen LogP contribution in [0, 0.1) is 0 Å². The van der Waals surface area contributed by atoms with Gasteiger partial charge in [-0.2, -0.15) is 0 Å². The van der Waals surface area contributed by atoms with Crippen LogP contribution < -0.4 is 0 Å². The molecule has 0 atom stereocenters. The largest absolute Gasteiger partial charge is 0.449 e. The van der Waals surface area contributed by atoms with Gasteiger partial charge in [-0.3, -0.25) is 0 Å². The third-order valence-electron chi connectivity index (χ3n) is 0.982. The first-order valence-electron chi connectivity index (χ1n) is 4.13. The van der Waals surface area contributed by atoms with Crippen molar-refractivity contribution in [1.82, 2.24) is 5.12 Å². The Morgan fingerprint density at radius 3 is 2.14 bits per heavy atom. The summed E-state index contributed by atoms with van der Waals surface area (Å²) < 4.78 is 21.6. The zero-order chi connectivity index (χ0) is 11.4. The van der Waals surface area contributed by atoms with Crippen molar-refractivity contribution in [2.24, 2.45) is 0 Å². The lowest BCUT2D eigenvalue weighted by molar-refractivity contribution is -0.0270. The Morgan fingerprint density at radius 2 is 1.79 bits per heavy atom. The van der Waals surface area contributed by atoms with Gasteiger partial charge < -0.3 is 9.47 Å². The van der Waals surface area contributed by atoms with Crippen molar-refractivity contribution < 1.29 is 23.5 Å². The Balaban J connectivity index is 4.19. The van der Waals surface area contributed by atoms with Gasteiger partial charge in [0.25, 0.3) is 0 Å². The Kier molecular flexibility index (Phi) is 4.33. The van der Waals surface area contributed by atoms with Crippen LogP contribution in [0.1, 0.15) is 27.7 Å². The quantitative estimate of drug-likeness (QED) is 0.619. The Morgan fingerprint density at radius 1 is 1.29 bits per heavy atom. The topological polar surface area (TPSA) is 55.8 Å². The van der Waals surface area contributed by atoms with E-state index in [-0.39, 0.29) is 6.61 Å². The molecule has 0 fully saturated rings. The summed E-state index contributed by atoms with van der Waals surface area (Å²) in [6, 6.07) is 0. The molecule has 0 aliphatic heterocycles. The summed E-state index contributed by atoms with van der Waals surface area (Å²) in [5.41, 5.74) is -0.853. The lowest BCUT2D eigenvalue weighted by atomic mass is 10.2. The predicted octanol–water partition coefficient (Wildman–Crippen LogP) is 2.26. The molecule has 0 aliphatic rings. The van der Waals surface area contributed by atoms with Crippen LogP contribution in [0.15, 0.2) is 0 Å². The predicted molar refractivity (Wildman–Crippen MR) is 46.2 cm³/mol. The molecule has 0 saturated carbocycles. The van der Waals surface area contributed by atoms with Crippen molar-refractivity contribution in [3.8, 4) is 0 Å². The number of hydrogen-bond donors (Lipinski definition) is 0. The summed E-state index contributed by atoms with van der Waals surface area (Å²) in [5.74, 6) is 0. The van der Waals surface area contributed by atoms with Crippen LogP contribution in [0.3, 0.4) is 0 Å². The molecule has 0 heterocycles. The van der Waals surface area contributed by atoms with Gasteiger partial charge in [0.05, 0.1) is 6.61 Å². The molecule has 0 aromatic heterocycles. The fourth-order valence-corrected chi connectivity index (χ4v) is 0.557. The average Bonchev–Trinajstić information content (AvgIpc) is 2.00. The Hall–Kier alpha value is -1.33.